The predicted molar refractivity (Wildman–Crippen MR) is 123 cm³/mol. The number of nitriles is 1. The van der Waals surface area contributed by atoms with E-state index in [2.05, 4.69) is 18.9 Å². The molecule has 10 heteroatoms. The molecule has 2 aromatic rings. The number of rotatable bonds is 3. The predicted octanol–water partition coefficient (Wildman–Crippen LogP) is 1.92. The van der Waals surface area contributed by atoms with Gasteiger partial charge in [-0.15, -0.1) is 12.8 Å². The maximum absolute atomic E-state index is 11.5. The molecule has 0 bridgehead atoms. The highest BCUT2D eigenvalue weighted by molar-refractivity contribution is 7.80. The Morgan fingerprint density at radius 3 is 2.58 bits per heavy atom. The highest BCUT2D eigenvalue weighted by Gasteiger charge is 2.45. The van der Waals surface area contributed by atoms with Crippen molar-refractivity contribution >= 4 is 29.0 Å². The zero-order chi connectivity index (χ0) is 24.4. The molecule has 1 saturated heterocycles. The van der Waals surface area contributed by atoms with Gasteiger partial charge in [-0.1, -0.05) is 6.07 Å². The van der Waals surface area contributed by atoms with Gasteiger partial charge >= 0.3 is 5.97 Å². The fourth-order valence-corrected chi connectivity index (χ4v) is 4.40. The van der Waals surface area contributed by atoms with Crippen LogP contribution in [0.1, 0.15) is 30.7 Å². The largest absolute Gasteiger partial charge is 0.479 e. The summed E-state index contributed by atoms with van der Waals surface area (Å²) in [7, 11) is 1.81. The highest BCUT2D eigenvalue weighted by Crippen LogP contribution is 2.40. The number of nitrogens with zero attached hydrogens (tertiary/aromatic N) is 3. The maximum atomic E-state index is 11.5. The van der Waals surface area contributed by atoms with Crippen LogP contribution >= 0.6 is 12.2 Å². The van der Waals surface area contributed by atoms with Crippen LogP contribution in [0, 0.1) is 24.2 Å². The number of aliphatic hydroxyl groups is 2. The van der Waals surface area contributed by atoms with Crippen molar-refractivity contribution in [3.05, 3.63) is 41.6 Å². The van der Waals surface area contributed by atoms with Crippen LogP contribution in [-0.4, -0.2) is 55.6 Å². The Kier molecular flexibility index (Phi) is 7.06. The Hall–Kier alpha value is -3.41. The summed E-state index contributed by atoms with van der Waals surface area (Å²) in [6.07, 6.45) is 2.23. The first kappa shape index (κ1) is 24.2. The van der Waals surface area contributed by atoms with Crippen molar-refractivity contribution in [1.82, 2.24) is 4.57 Å². The fourth-order valence-electron chi connectivity index (χ4n) is 4.04. The number of thiocarbonyl (C=S) groups is 1. The maximum Gasteiger partial charge on any atom is 0.335 e. The van der Waals surface area contributed by atoms with Crippen LogP contribution in [0.2, 0.25) is 0 Å². The van der Waals surface area contributed by atoms with E-state index < -0.39 is 30.5 Å². The quantitative estimate of drug-likeness (QED) is 0.456. The van der Waals surface area contributed by atoms with Gasteiger partial charge in [0.1, 0.15) is 30.2 Å². The van der Waals surface area contributed by atoms with E-state index in [1.807, 2.05) is 38.2 Å². The van der Waals surface area contributed by atoms with Gasteiger partial charge in [0.2, 0.25) is 0 Å². The van der Waals surface area contributed by atoms with Crippen LogP contribution < -0.4 is 4.90 Å². The lowest BCUT2D eigenvalue weighted by Crippen LogP contribution is -2.58. The van der Waals surface area contributed by atoms with Crippen LogP contribution in [0.4, 0.5) is 5.69 Å². The highest BCUT2D eigenvalue weighted by atomic mass is 32.1. The lowest BCUT2D eigenvalue weighted by molar-refractivity contribution is -0.192. The summed E-state index contributed by atoms with van der Waals surface area (Å²) < 4.78 is 13.2. The number of ether oxygens (including phenoxy) is 2. The SMILES string of the molecule is C#C.C[C@H]1OC(=S)N([C@H]2C[C@@H](O)[C@H](O)[C@@H](C(=O)O)O2)c2ccc(-c3ccc(C#N)n3C)cc21. The molecule has 0 unspecified atom stereocenters. The molecule has 1 aromatic heterocycles. The molecule has 0 radical (unpaired) electrons. The minimum absolute atomic E-state index is 0.0483. The second kappa shape index (κ2) is 9.61. The number of aromatic nitrogens is 1. The van der Waals surface area contributed by atoms with Crippen LogP contribution in [-0.2, 0) is 21.3 Å². The third-order valence-electron chi connectivity index (χ3n) is 5.71. The van der Waals surface area contributed by atoms with Gasteiger partial charge in [-0.3, -0.25) is 4.90 Å². The molecule has 33 heavy (non-hydrogen) atoms. The van der Waals surface area contributed by atoms with E-state index in [4.69, 9.17) is 21.7 Å². The van der Waals surface area contributed by atoms with Gasteiger partial charge in [-0.05, 0) is 49.0 Å². The zero-order valence-electron chi connectivity index (χ0n) is 18.0. The van der Waals surface area contributed by atoms with Gasteiger partial charge in [-0.2, -0.15) is 5.26 Å². The summed E-state index contributed by atoms with van der Waals surface area (Å²) in [6.45, 7) is 1.85. The van der Waals surface area contributed by atoms with Crippen molar-refractivity contribution in [2.45, 2.75) is 44.0 Å². The number of hydrogen-bond donors (Lipinski definition) is 3. The van der Waals surface area contributed by atoms with E-state index in [0.717, 1.165) is 16.8 Å². The first-order valence-electron chi connectivity index (χ1n) is 10.0. The van der Waals surface area contributed by atoms with Crippen LogP contribution in [0.5, 0.6) is 0 Å². The lowest BCUT2D eigenvalue weighted by atomic mass is 9.97. The monoisotopic (exact) mass is 469 g/mol. The third kappa shape index (κ3) is 4.30. The number of aliphatic carboxylic acids is 1. The molecule has 2 aliphatic heterocycles. The molecule has 5 atom stereocenters. The lowest BCUT2D eigenvalue weighted by Gasteiger charge is -2.44. The second-order valence-corrected chi connectivity index (χ2v) is 7.94. The Morgan fingerprint density at radius 1 is 1.27 bits per heavy atom. The average Bonchev–Trinajstić information content (AvgIpc) is 3.17. The first-order chi connectivity index (χ1) is 15.7. The number of fused-ring (bicyclic) bond motifs is 1. The van der Waals surface area contributed by atoms with E-state index >= 15 is 0 Å². The van der Waals surface area contributed by atoms with Gasteiger partial charge in [0.25, 0.3) is 5.17 Å². The first-order valence-corrected chi connectivity index (χ1v) is 10.4. The number of benzene rings is 1. The van der Waals surface area contributed by atoms with Crippen molar-refractivity contribution in [2.24, 2.45) is 7.05 Å². The van der Waals surface area contributed by atoms with E-state index in [0.29, 0.717) is 11.4 Å². The number of carbonyl (C=O) groups is 1. The smallest absolute Gasteiger partial charge is 0.335 e. The van der Waals surface area contributed by atoms with E-state index in [1.54, 1.807) is 10.6 Å². The molecule has 0 aliphatic carbocycles. The molecule has 172 valence electrons. The summed E-state index contributed by atoms with van der Waals surface area (Å²) in [5, 5.41) is 38.8. The Labute approximate surface area is 196 Å². The number of terminal acetylenes is 1. The minimum Gasteiger partial charge on any atom is -0.479 e. The molecule has 1 fully saturated rings. The zero-order valence-corrected chi connectivity index (χ0v) is 18.8. The Bertz CT molecular complexity index is 1140. The molecule has 3 N–H and O–H groups in total. The molecule has 0 amide bonds. The molecule has 0 spiro atoms. The van der Waals surface area contributed by atoms with Gasteiger partial charge in [0.05, 0.1) is 11.8 Å². The number of anilines is 1. The normalized spacial score (nSPS) is 26.3. The molecular formula is C23H23N3O6S. The topological polar surface area (TPSA) is 128 Å². The molecule has 3 heterocycles. The van der Waals surface area contributed by atoms with Gasteiger partial charge < -0.3 is 29.4 Å². The summed E-state index contributed by atoms with van der Waals surface area (Å²) >= 11 is 5.39. The second-order valence-electron chi connectivity index (χ2n) is 7.59. The summed E-state index contributed by atoms with van der Waals surface area (Å²) in [4.78, 5) is 13.0. The molecule has 4 rings (SSSR count). The van der Waals surface area contributed by atoms with Crippen molar-refractivity contribution in [2.75, 3.05) is 4.90 Å². The minimum atomic E-state index is -1.59. The van der Waals surface area contributed by atoms with Crippen molar-refractivity contribution < 1.29 is 29.6 Å². The van der Waals surface area contributed by atoms with E-state index in [9.17, 15) is 25.4 Å². The molecule has 9 nitrogen and oxygen atoms in total. The van der Waals surface area contributed by atoms with Crippen LogP contribution in [0.3, 0.4) is 0 Å². The summed E-state index contributed by atoms with van der Waals surface area (Å²) in [6, 6.07) is 11.4. The number of aliphatic hydroxyl groups excluding tert-OH is 2. The number of carboxylic acids is 1. The molecular weight excluding hydrogens is 446 g/mol. The van der Waals surface area contributed by atoms with Crippen LogP contribution in [0.25, 0.3) is 11.3 Å². The molecule has 0 saturated carbocycles. The standard InChI is InChI=1S/C21H21N3O6S.C2H2/c1-10-13-7-11(14-6-4-12(9-22)23(14)2)3-5-15(13)24(21(31)29-10)17-8-16(25)18(26)19(30-17)20(27)28;1-2/h3-7,10,16-19,25-26H,8H2,1-2H3,(H,27,28);1-2H/t10-,16-,17-,18+,19+;/m1./s1. The van der Waals surface area contributed by atoms with E-state index in [1.165, 1.54) is 4.90 Å². The fraction of sp³-hybridized carbons (Fsp3) is 0.348. The average molecular weight is 470 g/mol. The Morgan fingerprint density at radius 2 is 1.97 bits per heavy atom. The van der Waals surface area contributed by atoms with Crippen LogP contribution in [0.15, 0.2) is 30.3 Å². The number of hydrogen-bond acceptors (Lipinski definition) is 7. The van der Waals surface area contributed by atoms with Gasteiger partial charge in [0.15, 0.2) is 6.10 Å². The van der Waals surface area contributed by atoms with Gasteiger partial charge in [0, 0.05) is 24.7 Å². The third-order valence-corrected chi connectivity index (χ3v) is 6.01. The van der Waals surface area contributed by atoms with Crippen molar-refractivity contribution in [3.8, 4) is 30.2 Å². The van der Waals surface area contributed by atoms with E-state index in [-0.39, 0.29) is 17.7 Å². The Balaban J connectivity index is 0.00000149. The van der Waals surface area contributed by atoms with Crippen molar-refractivity contribution in [3.63, 3.8) is 0 Å². The van der Waals surface area contributed by atoms with Gasteiger partial charge in [-0.25, -0.2) is 4.79 Å². The van der Waals surface area contributed by atoms with Crippen molar-refractivity contribution in [1.29, 1.82) is 5.26 Å². The summed E-state index contributed by atoms with van der Waals surface area (Å²) in [5.74, 6) is -1.37. The number of carboxylic acid groups (broad SMARTS) is 1. The molecule has 1 aromatic carbocycles. The molecule has 2 aliphatic rings. The summed E-state index contributed by atoms with van der Waals surface area (Å²) in [5.41, 5.74) is 3.71.